The molecule has 0 aliphatic carbocycles. The van der Waals surface area contributed by atoms with Crippen molar-refractivity contribution in [1.29, 1.82) is 0 Å². The average molecular weight is 232 g/mol. The van der Waals surface area contributed by atoms with Crippen LogP contribution in [0.2, 0.25) is 0 Å². The van der Waals surface area contributed by atoms with E-state index < -0.39 is 0 Å². The van der Waals surface area contributed by atoms with E-state index in [1.807, 2.05) is 11.8 Å². The first-order valence-corrected chi connectivity index (χ1v) is 7.47. The minimum atomic E-state index is 1.05. The Balaban J connectivity index is 2.94. The molecule has 0 spiro atoms. The molecule has 0 aromatic rings. The summed E-state index contributed by atoms with van der Waals surface area (Å²) in [5.41, 5.74) is 0. The van der Waals surface area contributed by atoms with Crippen LogP contribution in [0.25, 0.3) is 0 Å². The van der Waals surface area contributed by atoms with Crippen molar-refractivity contribution in [1.82, 2.24) is 0 Å². The van der Waals surface area contributed by atoms with Crippen LogP contribution in [0.3, 0.4) is 0 Å². The molecule has 0 nitrogen and oxygen atoms in total. The monoisotopic (exact) mass is 232 g/mol. The van der Waals surface area contributed by atoms with Gasteiger partial charge in [0.25, 0.3) is 0 Å². The van der Waals surface area contributed by atoms with Gasteiger partial charge in [0.15, 0.2) is 0 Å². The Bertz CT molecular complexity index is 121. The molecule has 0 unspecified atom stereocenters. The van der Waals surface area contributed by atoms with Gasteiger partial charge < -0.3 is 0 Å². The Labute approximate surface area is 99.3 Å². The Morgan fingerprint density at radius 2 is 1.86 bits per heavy atom. The van der Waals surface area contributed by atoms with Gasteiger partial charge in [0, 0.05) is 0 Å². The summed E-state index contributed by atoms with van der Waals surface area (Å²) in [5.74, 6) is 2.33. The van der Waals surface area contributed by atoms with Crippen molar-refractivity contribution in [2.45, 2.75) is 51.9 Å². The molecule has 0 amide bonds. The number of unbranched alkanes of at least 4 members (excludes halogenated alkanes) is 5. The molecule has 0 bridgehead atoms. The van der Waals surface area contributed by atoms with Crippen LogP contribution in [-0.2, 0) is 0 Å². The predicted octanol–water partition coefficient (Wildman–Crippen LogP) is 4.91. The molecule has 14 heavy (non-hydrogen) atoms. The second-order valence-corrected chi connectivity index (χ2v) is 4.98. The number of thiol groups is 1. The maximum absolute atomic E-state index is 4.20. The van der Waals surface area contributed by atoms with Gasteiger partial charge in [0.05, 0.1) is 0 Å². The van der Waals surface area contributed by atoms with E-state index in [4.69, 9.17) is 0 Å². The standard InChI is InChI=1S/C12H24S2/c1-2-3-4-8-11-14-12-9-6-5-7-10-13/h8,11,13H,2-7,9-10,12H2,1H3/b11-8-. The van der Waals surface area contributed by atoms with E-state index in [2.05, 4.69) is 31.0 Å². The number of hydrogen-bond donors (Lipinski definition) is 1. The molecule has 0 saturated heterocycles. The van der Waals surface area contributed by atoms with E-state index >= 15 is 0 Å². The molecule has 84 valence electrons. The average Bonchev–Trinajstić information content (AvgIpc) is 2.21. The van der Waals surface area contributed by atoms with Crippen molar-refractivity contribution < 1.29 is 0 Å². The molecule has 0 N–H and O–H groups in total. The van der Waals surface area contributed by atoms with Crippen LogP contribution >= 0.6 is 24.4 Å². The quantitative estimate of drug-likeness (QED) is 0.412. The van der Waals surface area contributed by atoms with Crippen molar-refractivity contribution in [3.05, 3.63) is 11.5 Å². The molecule has 0 saturated carbocycles. The second-order valence-electron chi connectivity index (χ2n) is 3.52. The van der Waals surface area contributed by atoms with Crippen molar-refractivity contribution in [2.24, 2.45) is 0 Å². The second kappa shape index (κ2) is 13.4. The van der Waals surface area contributed by atoms with E-state index in [1.54, 1.807) is 0 Å². The van der Waals surface area contributed by atoms with E-state index in [0.717, 1.165) is 5.75 Å². The van der Waals surface area contributed by atoms with Gasteiger partial charge in [-0.25, -0.2) is 0 Å². The summed E-state index contributed by atoms with van der Waals surface area (Å²) in [5, 5.41) is 2.27. The summed E-state index contributed by atoms with van der Waals surface area (Å²) in [4.78, 5) is 0. The Kier molecular flexibility index (Phi) is 13.9. The van der Waals surface area contributed by atoms with Crippen LogP contribution in [0, 0.1) is 0 Å². The molecule has 0 radical (unpaired) electrons. The van der Waals surface area contributed by atoms with Gasteiger partial charge in [-0.2, -0.15) is 12.6 Å². The van der Waals surface area contributed by atoms with E-state index in [0.29, 0.717) is 0 Å². The molecule has 0 aliphatic rings. The number of allylic oxidation sites excluding steroid dienone is 1. The number of hydrogen-bond acceptors (Lipinski definition) is 2. The summed E-state index contributed by atoms with van der Waals surface area (Å²) in [6.45, 7) is 2.24. The highest BCUT2D eigenvalue weighted by molar-refractivity contribution is 8.02. The van der Waals surface area contributed by atoms with Gasteiger partial charge >= 0.3 is 0 Å². The van der Waals surface area contributed by atoms with Crippen molar-refractivity contribution >= 4 is 24.4 Å². The largest absolute Gasteiger partial charge is 0.179 e. The zero-order valence-electron chi connectivity index (χ0n) is 9.37. The third-order valence-electron chi connectivity index (χ3n) is 2.09. The first kappa shape index (κ1) is 14.4. The molecule has 2 heteroatoms. The first-order chi connectivity index (χ1) is 6.91. The van der Waals surface area contributed by atoms with E-state index in [-0.39, 0.29) is 0 Å². The highest BCUT2D eigenvalue weighted by atomic mass is 32.2. The smallest absolute Gasteiger partial charge is 0.00261 e. The van der Waals surface area contributed by atoms with Crippen molar-refractivity contribution in [3.63, 3.8) is 0 Å². The topological polar surface area (TPSA) is 0 Å². The maximum Gasteiger partial charge on any atom is -0.00261 e. The van der Waals surface area contributed by atoms with Gasteiger partial charge in [0.2, 0.25) is 0 Å². The van der Waals surface area contributed by atoms with Gasteiger partial charge in [-0.05, 0) is 36.2 Å². The van der Waals surface area contributed by atoms with Crippen LogP contribution in [0.1, 0.15) is 51.9 Å². The summed E-state index contributed by atoms with van der Waals surface area (Å²) in [6.07, 6.45) is 11.6. The first-order valence-electron chi connectivity index (χ1n) is 5.79. The highest BCUT2D eigenvalue weighted by Gasteiger charge is 1.88. The maximum atomic E-state index is 4.20. The Morgan fingerprint density at radius 3 is 2.57 bits per heavy atom. The third-order valence-corrected chi connectivity index (χ3v) is 3.31. The molecule has 0 aromatic heterocycles. The highest BCUT2D eigenvalue weighted by Crippen LogP contribution is 2.10. The number of thioether (sulfide) groups is 1. The third kappa shape index (κ3) is 12.4. The summed E-state index contributed by atoms with van der Waals surface area (Å²) in [6, 6.07) is 0. The van der Waals surface area contributed by atoms with Gasteiger partial charge in [0.1, 0.15) is 0 Å². The Hall–Kier alpha value is 0.440. The summed E-state index contributed by atoms with van der Waals surface area (Å²) in [7, 11) is 0. The lowest BCUT2D eigenvalue weighted by molar-refractivity contribution is 0.712. The minimum Gasteiger partial charge on any atom is -0.179 e. The molecular weight excluding hydrogens is 208 g/mol. The lowest BCUT2D eigenvalue weighted by Gasteiger charge is -1.97. The van der Waals surface area contributed by atoms with Crippen LogP contribution in [0.5, 0.6) is 0 Å². The van der Waals surface area contributed by atoms with Crippen LogP contribution in [-0.4, -0.2) is 11.5 Å². The molecule has 0 aromatic carbocycles. The van der Waals surface area contributed by atoms with Crippen LogP contribution in [0.4, 0.5) is 0 Å². The Morgan fingerprint density at radius 1 is 1.07 bits per heavy atom. The normalized spacial score (nSPS) is 11.3. The fourth-order valence-electron chi connectivity index (χ4n) is 1.18. The van der Waals surface area contributed by atoms with Crippen LogP contribution < -0.4 is 0 Å². The molecule has 0 atom stereocenters. The number of rotatable bonds is 10. The SMILES string of the molecule is CCCC/C=C\SCCCCCCS. The zero-order chi connectivity index (χ0) is 10.5. The molecular formula is C12H24S2. The zero-order valence-corrected chi connectivity index (χ0v) is 11.1. The minimum absolute atomic E-state index is 1.05. The molecule has 0 rings (SSSR count). The van der Waals surface area contributed by atoms with Crippen LogP contribution in [0.15, 0.2) is 11.5 Å². The fourth-order valence-corrected chi connectivity index (χ4v) is 2.18. The summed E-state index contributed by atoms with van der Waals surface area (Å²) < 4.78 is 0. The molecule has 0 fully saturated rings. The van der Waals surface area contributed by atoms with Crippen molar-refractivity contribution in [3.8, 4) is 0 Å². The lowest BCUT2D eigenvalue weighted by atomic mass is 10.2. The van der Waals surface area contributed by atoms with Gasteiger partial charge in [-0.3, -0.25) is 0 Å². The lowest BCUT2D eigenvalue weighted by Crippen LogP contribution is -1.81. The fraction of sp³-hybridized carbons (Fsp3) is 0.833. The summed E-state index contributed by atoms with van der Waals surface area (Å²) >= 11 is 6.16. The van der Waals surface area contributed by atoms with Gasteiger partial charge in [-0.1, -0.05) is 38.7 Å². The van der Waals surface area contributed by atoms with Crippen molar-refractivity contribution in [2.75, 3.05) is 11.5 Å². The van der Waals surface area contributed by atoms with E-state index in [9.17, 15) is 0 Å². The van der Waals surface area contributed by atoms with Gasteiger partial charge in [-0.15, -0.1) is 11.8 Å². The van der Waals surface area contributed by atoms with E-state index in [1.165, 1.54) is 50.7 Å². The predicted molar refractivity (Wildman–Crippen MR) is 73.4 cm³/mol. The molecule has 0 aliphatic heterocycles. The molecule has 0 heterocycles.